The highest BCUT2D eigenvalue weighted by atomic mass is 32.1. The van der Waals surface area contributed by atoms with Gasteiger partial charge in [-0.05, 0) is 45.0 Å². The van der Waals surface area contributed by atoms with Crippen LogP contribution in [-0.2, 0) is 9.53 Å². The van der Waals surface area contributed by atoms with Crippen molar-refractivity contribution in [2.75, 3.05) is 33.9 Å². The first-order chi connectivity index (χ1) is 12.4. The lowest BCUT2D eigenvalue weighted by atomic mass is 9.93. The van der Waals surface area contributed by atoms with Gasteiger partial charge < -0.3 is 19.9 Å². The van der Waals surface area contributed by atoms with Crippen molar-refractivity contribution in [1.29, 1.82) is 0 Å². The van der Waals surface area contributed by atoms with Gasteiger partial charge in [-0.2, -0.15) is 0 Å². The number of carbonyl (C=O) groups is 1. The number of benzene rings is 1. The van der Waals surface area contributed by atoms with E-state index in [1.165, 1.54) is 5.56 Å². The minimum atomic E-state index is -0.235. The van der Waals surface area contributed by atoms with Crippen molar-refractivity contribution in [1.82, 2.24) is 15.1 Å². The molecule has 26 heavy (non-hydrogen) atoms. The molecular weight excluding hydrogens is 346 g/mol. The summed E-state index contributed by atoms with van der Waals surface area (Å²) in [5.41, 5.74) is 3.88. The van der Waals surface area contributed by atoms with Gasteiger partial charge in [-0.1, -0.05) is 29.8 Å². The molecule has 2 rings (SSSR count). The molecule has 1 aromatic rings. The van der Waals surface area contributed by atoms with E-state index in [4.69, 9.17) is 17.0 Å². The number of amides is 1. The molecule has 0 bridgehead atoms. The van der Waals surface area contributed by atoms with Crippen LogP contribution in [0, 0.1) is 6.92 Å². The van der Waals surface area contributed by atoms with Crippen molar-refractivity contribution < 1.29 is 9.53 Å². The summed E-state index contributed by atoms with van der Waals surface area (Å²) in [5, 5.41) is 4.02. The van der Waals surface area contributed by atoms with Crippen molar-refractivity contribution in [2.45, 2.75) is 33.2 Å². The van der Waals surface area contributed by atoms with Crippen LogP contribution in [0.1, 0.15) is 37.4 Å². The van der Waals surface area contributed by atoms with E-state index >= 15 is 0 Å². The molecule has 0 saturated carbocycles. The number of nitrogens with zero attached hydrogens (tertiary/aromatic N) is 2. The standard InChI is InChI=1S/C20H29N3O2S/c1-6-25-13-7-12-23-15(3)17(19(24)22(4)5)18(21-20(23)26)16-10-8-14(2)9-11-16/h8-11,18H,6-7,12-13H2,1-5H3,(H,21,26). The number of thiocarbonyl (C=S) groups is 1. The van der Waals surface area contributed by atoms with Crippen LogP contribution in [-0.4, -0.2) is 54.7 Å². The zero-order valence-electron chi connectivity index (χ0n) is 16.3. The van der Waals surface area contributed by atoms with Gasteiger partial charge in [0.25, 0.3) is 5.91 Å². The Bertz CT molecular complexity index is 683. The normalized spacial score (nSPS) is 17.3. The maximum absolute atomic E-state index is 12.9. The lowest BCUT2D eigenvalue weighted by Gasteiger charge is -2.38. The van der Waals surface area contributed by atoms with Crippen LogP contribution in [0.5, 0.6) is 0 Å². The fourth-order valence-electron chi connectivity index (χ4n) is 3.05. The summed E-state index contributed by atoms with van der Waals surface area (Å²) in [6.07, 6.45) is 0.853. The van der Waals surface area contributed by atoms with E-state index in [0.717, 1.165) is 29.8 Å². The van der Waals surface area contributed by atoms with Gasteiger partial charge in [0.15, 0.2) is 5.11 Å². The Morgan fingerprint density at radius 1 is 1.27 bits per heavy atom. The predicted octanol–water partition coefficient (Wildman–Crippen LogP) is 3.02. The predicted molar refractivity (Wildman–Crippen MR) is 109 cm³/mol. The van der Waals surface area contributed by atoms with Crippen molar-refractivity contribution in [2.24, 2.45) is 0 Å². The molecule has 0 aromatic heterocycles. The molecule has 1 heterocycles. The molecule has 142 valence electrons. The summed E-state index contributed by atoms with van der Waals surface area (Å²) < 4.78 is 5.43. The first-order valence-corrected chi connectivity index (χ1v) is 9.42. The number of ether oxygens (including phenoxy) is 1. The molecule has 1 aliphatic heterocycles. The molecule has 6 heteroatoms. The van der Waals surface area contributed by atoms with E-state index in [2.05, 4.69) is 36.5 Å². The second-order valence-corrected chi connectivity index (χ2v) is 7.08. The maximum atomic E-state index is 12.9. The summed E-state index contributed by atoms with van der Waals surface area (Å²) in [5.74, 6) is -0.00196. The Hall–Kier alpha value is -1.92. The second kappa shape index (κ2) is 9.14. The van der Waals surface area contributed by atoms with Gasteiger partial charge >= 0.3 is 0 Å². The Labute approximate surface area is 162 Å². The van der Waals surface area contributed by atoms with Crippen LogP contribution < -0.4 is 5.32 Å². The fraction of sp³-hybridized carbons (Fsp3) is 0.500. The van der Waals surface area contributed by atoms with E-state index < -0.39 is 0 Å². The number of nitrogens with one attached hydrogen (secondary N) is 1. The van der Waals surface area contributed by atoms with Crippen LogP contribution in [0.15, 0.2) is 35.5 Å². The largest absolute Gasteiger partial charge is 0.382 e. The molecule has 1 N–H and O–H groups in total. The van der Waals surface area contributed by atoms with Gasteiger partial charge in [0, 0.05) is 39.6 Å². The highest BCUT2D eigenvalue weighted by Gasteiger charge is 2.34. The smallest absolute Gasteiger partial charge is 0.253 e. The highest BCUT2D eigenvalue weighted by Crippen LogP contribution is 2.31. The van der Waals surface area contributed by atoms with E-state index in [1.54, 1.807) is 19.0 Å². The molecule has 1 amide bonds. The molecule has 1 aromatic carbocycles. The van der Waals surface area contributed by atoms with Gasteiger partial charge in [0.2, 0.25) is 0 Å². The third kappa shape index (κ3) is 4.62. The minimum Gasteiger partial charge on any atom is -0.382 e. The number of hydrogen-bond donors (Lipinski definition) is 1. The van der Waals surface area contributed by atoms with E-state index in [-0.39, 0.29) is 11.9 Å². The molecule has 5 nitrogen and oxygen atoms in total. The molecule has 1 unspecified atom stereocenters. The number of rotatable bonds is 7. The number of likely N-dealkylation sites (N-methyl/N-ethyl adjacent to an activating group) is 1. The molecular formula is C20H29N3O2S. The average molecular weight is 376 g/mol. The topological polar surface area (TPSA) is 44.8 Å². The lowest BCUT2D eigenvalue weighted by Crippen LogP contribution is -2.49. The van der Waals surface area contributed by atoms with Crippen LogP contribution in [0.3, 0.4) is 0 Å². The number of allylic oxidation sites excluding steroid dienone is 1. The Morgan fingerprint density at radius 2 is 1.92 bits per heavy atom. The average Bonchev–Trinajstić information content (AvgIpc) is 2.60. The first kappa shape index (κ1) is 20.4. The quantitative estimate of drug-likeness (QED) is 0.586. The third-order valence-electron chi connectivity index (χ3n) is 4.52. The summed E-state index contributed by atoms with van der Waals surface area (Å²) in [6, 6.07) is 7.98. The number of carbonyl (C=O) groups excluding carboxylic acids is 1. The van der Waals surface area contributed by atoms with Crippen LogP contribution in [0.4, 0.5) is 0 Å². The van der Waals surface area contributed by atoms with Crippen LogP contribution >= 0.6 is 12.2 Å². The van der Waals surface area contributed by atoms with Gasteiger partial charge in [-0.25, -0.2) is 0 Å². The zero-order valence-corrected chi connectivity index (χ0v) is 17.2. The Morgan fingerprint density at radius 3 is 2.50 bits per heavy atom. The number of aryl methyl sites for hydroxylation is 1. The van der Waals surface area contributed by atoms with Crippen molar-refractivity contribution in [3.63, 3.8) is 0 Å². The monoisotopic (exact) mass is 375 g/mol. The molecule has 0 aliphatic carbocycles. The molecule has 0 fully saturated rings. The van der Waals surface area contributed by atoms with Crippen molar-refractivity contribution in [3.8, 4) is 0 Å². The van der Waals surface area contributed by atoms with Gasteiger partial charge in [-0.3, -0.25) is 4.79 Å². The van der Waals surface area contributed by atoms with E-state index in [0.29, 0.717) is 18.3 Å². The summed E-state index contributed by atoms with van der Waals surface area (Å²) >= 11 is 5.61. The zero-order chi connectivity index (χ0) is 19.3. The maximum Gasteiger partial charge on any atom is 0.253 e. The van der Waals surface area contributed by atoms with Gasteiger partial charge in [-0.15, -0.1) is 0 Å². The van der Waals surface area contributed by atoms with Crippen molar-refractivity contribution >= 4 is 23.2 Å². The van der Waals surface area contributed by atoms with E-state index in [1.807, 2.05) is 18.7 Å². The third-order valence-corrected chi connectivity index (χ3v) is 4.86. The highest BCUT2D eigenvalue weighted by molar-refractivity contribution is 7.80. The van der Waals surface area contributed by atoms with Crippen LogP contribution in [0.25, 0.3) is 0 Å². The van der Waals surface area contributed by atoms with Gasteiger partial charge in [0.05, 0.1) is 11.6 Å². The minimum absolute atomic E-state index is 0.00196. The molecule has 0 radical (unpaired) electrons. The Balaban J connectivity index is 2.37. The number of hydrogen-bond acceptors (Lipinski definition) is 3. The van der Waals surface area contributed by atoms with Crippen LogP contribution in [0.2, 0.25) is 0 Å². The summed E-state index contributed by atoms with van der Waals surface area (Å²) in [6.45, 7) is 8.13. The second-order valence-electron chi connectivity index (χ2n) is 6.69. The molecule has 0 spiro atoms. The molecule has 0 saturated heterocycles. The molecule has 1 atom stereocenters. The van der Waals surface area contributed by atoms with Gasteiger partial charge in [0.1, 0.15) is 0 Å². The molecule has 1 aliphatic rings. The summed E-state index contributed by atoms with van der Waals surface area (Å²) in [4.78, 5) is 16.6. The Kier molecular flexibility index (Phi) is 7.17. The van der Waals surface area contributed by atoms with E-state index in [9.17, 15) is 4.79 Å². The SMILES string of the molecule is CCOCCCN1C(=S)NC(c2ccc(C)cc2)C(C(=O)N(C)C)=C1C. The summed E-state index contributed by atoms with van der Waals surface area (Å²) in [7, 11) is 3.56. The first-order valence-electron chi connectivity index (χ1n) is 9.01. The fourth-order valence-corrected chi connectivity index (χ4v) is 3.39. The van der Waals surface area contributed by atoms with Crippen molar-refractivity contribution in [3.05, 3.63) is 46.7 Å². The lowest BCUT2D eigenvalue weighted by molar-refractivity contribution is -0.125.